The van der Waals surface area contributed by atoms with Crippen LogP contribution in [0, 0.1) is 0 Å². The molecule has 0 unspecified atom stereocenters. The van der Waals surface area contributed by atoms with Crippen LogP contribution in [0.15, 0.2) is 18.2 Å². The van der Waals surface area contributed by atoms with Crippen molar-refractivity contribution in [2.45, 2.75) is 26.8 Å². The molecule has 5 heteroatoms. The molecule has 114 valence electrons. The van der Waals surface area contributed by atoms with E-state index in [4.69, 9.17) is 14.5 Å². The second-order valence-corrected chi connectivity index (χ2v) is 5.68. The van der Waals surface area contributed by atoms with Crippen molar-refractivity contribution in [2.75, 3.05) is 20.8 Å². The van der Waals surface area contributed by atoms with Crippen LogP contribution in [0.4, 0.5) is 0 Å². The van der Waals surface area contributed by atoms with Gasteiger partial charge in [-0.3, -0.25) is 0 Å². The lowest BCUT2D eigenvalue weighted by Gasteiger charge is -2.08. The van der Waals surface area contributed by atoms with Crippen molar-refractivity contribution in [3.63, 3.8) is 0 Å². The fourth-order valence-corrected chi connectivity index (χ4v) is 3.25. The third kappa shape index (κ3) is 3.54. The Morgan fingerprint density at radius 2 is 1.90 bits per heavy atom. The molecule has 0 radical (unpaired) electrons. The van der Waals surface area contributed by atoms with E-state index in [1.807, 2.05) is 18.2 Å². The molecule has 0 saturated heterocycles. The summed E-state index contributed by atoms with van der Waals surface area (Å²) in [4.78, 5) is 6.07. The largest absolute Gasteiger partial charge is 0.493 e. The van der Waals surface area contributed by atoms with Crippen LogP contribution in [0.2, 0.25) is 0 Å². The number of nitrogens with one attached hydrogen (secondary N) is 1. The first-order chi connectivity index (χ1) is 10.2. The van der Waals surface area contributed by atoms with Crippen LogP contribution >= 0.6 is 11.3 Å². The standard InChI is InChI=1S/C16H22N2O2S/c1-5-12-15(10-17-6-2)21-16(18-12)11-7-8-13(19-3)14(9-11)20-4/h7-9,17H,5-6,10H2,1-4H3. The summed E-state index contributed by atoms with van der Waals surface area (Å²) in [5.41, 5.74) is 2.24. The van der Waals surface area contributed by atoms with Gasteiger partial charge in [0.05, 0.1) is 19.9 Å². The van der Waals surface area contributed by atoms with E-state index < -0.39 is 0 Å². The Balaban J connectivity index is 2.35. The average molecular weight is 306 g/mol. The maximum absolute atomic E-state index is 5.37. The van der Waals surface area contributed by atoms with Gasteiger partial charge in [0.25, 0.3) is 0 Å². The third-order valence-corrected chi connectivity index (χ3v) is 4.43. The van der Waals surface area contributed by atoms with Crippen molar-refractivity contribution in [1.29, 1.82) is 0 Å². The first-order valence-electron chi connectivity index (χ1n) is 7.15. The monoisotopic (exact) mass is 306 g/mol. The molecule has 0 aliphatic carbocycles. The lowest BCUT2D eigenvalue weighted by atomic mass is 10.2. The minimum absolute atomic E-state index is 0.733. The smallest absolute Gasteiger partial charge is 0.161 e. The second-order valence-electron chi connectivity index (χ2n) is 4.59. The predicted octanol–water partition coefficient (Wildman–Crippen LogP) is 3.50. The molecule has 0 amide bonds. The first kappa shape index (κ1) is 15.8. The molecule has 1 aromatic heterocycles. The Morgan fingerprint density at radius 3 is 2.52 bits per heavy atom. The van der Waals surface area contributed by atoms with Gasteiger partial charge >= 0.3 is 0 Å². The molecule has 0 saturated carbocycles. The average Bonchev–Trinajstić information content (AvgIpc) is 2.95. The summed E-state index contributed by atoms with van der Waals surface area (Å²) in [6, 6.07) is 5.93. The van der Waals surface area contributed by atoms with E-state index in [-0.39, 0.29) is 0 Å². The van der Waals surface area contributed by atoms with Crippen LogP contribution < -0.4 is 14.8 Å². The van der Waals surface area contributed by atoms with Gasteiger partial charge in [-0.15, -0.1) is 11.3 Å². The molecule has 1 heterocycles. The quantitative estimate of drug-likeness (QED) is 0.850. The zero-order valence-corrected chi connectivity index (χ0v) is 13.8. The van der Waals surface area contributed by atoms with Crippen molar-refractivity contribution in [2.24, 2.45) is 0 Å². The summed E-state index contributed by atoms with van der Waals surface area (Å²) < 4.78 is 10.6. The zero-order chi connectivity index (χ0) is 15.2. The van der Waals surface area contributed by atoms with Crippen LogP contribution in [0.25, 0.3) is 10.6 Å². The fraction of sp³-hybridized carbons (Fsp3) is 0.438. The van der Waals surface area contributed by atoms with E-state index in [9.17, 15) is 0 Å². The van der Waals surface area contributed by atoms with Crippen LogP contribution in [0.1, 0.15) is 24.4 Å². The zero-order valence-electron chi connectivity index (χ0n) is 13.0. The minimum atomic E-state index is 0.733. The fourth-order valence-electron chi connectivity index (χ4n) is 2.13. The van der Waals surface area contributed by atoms with Gasteiger partial charge in [0.1, 0.15) is 5.01 Å². The minimum Gasteiger partial charge on any atom is -0.493 e. The number of methoxy groups -OCH3 is 2. The molecule has 2 rings (SSSR count). The highest BCUT2D eigenvalue weighted by Gasteiger charge is 2.13. The molecule has 2 aromatic rings. The Bertz CT molecular complexity index is 596. The highest BCUT2D eigenvalue weighted by Crippen LogP contribution is 2.35. The Kier molecular flexibility index (Phi) is 5.59. The summed E-state index contributed by atoms with van der Waals surface area (Å²) in [5, 5.41) is 4.40. The Hall–Kier alpha value is -1.59. The van der Waals surface area contributed by atoms with Crippen LogP contribution in [-0.2, 0) is 13.0 Å². The molecule has 1 N–H and O–H groups in total. The molecule has 0 spiro atoms. The third-order valence-electron chi connectivity index (χ3n) is 3.28. The topological polar surface area (TPSA) is 43.4 Å². The molecular weight excluding hydrogens is 284 g/mol. The molecule has 0 atom stereocenters. The summed E-state index contributed by atoms with van der Waals surface area (Å²) in [6.45, 7) is 6.10. The van der Waals surface area contributed by atoms with Gasteiger partial charge in [-0.1, -0.05) is 13.8 Å². The van der Waals surface area contributed by atoms with Crippen molar-refractivity contribution >= 4 is 11.3 Å². The molecule has 21 heavy (non-hydrogen) atoms. The first-order valence-corrected chi connectivity index (χ1v) is 7.96. The highest BCUT2D eigenvalue weighted by molar-refractivity contribution is 7.15. The van der Waals surface area contributed by atoms with Crippen molar-refractivity contribution in [1.82, 2.24) is 10.3 Å². The number of nitrogens with zero attached hydrogens (tertiary/aromatic N) is 1. The summed E-state index contributed by atoms with van der Waals surface area (Å²) >= 11 is 1.74. The van der Waals surface area contributed by atoms with Crippen molar-refractivity contribution in [3.8, 4) is 22.1 Å². The number of hydrogen-bond acceptors (Lipinski definition) is 5. The summed E-state index contributed by atoms with van der Waals surface area (Å²) in [7, 11) is 3.29. The van der Waals surface area contributed by atoms with Gasteiger partial charge in [0.2, 0.25) is 0 Å². The summed E-state index contributed by atoms with van der Waals surface area (Å²) in [6.07, 6.45) is 0.949. The maximum Gasteiger partial charge on any atom is 0.161 e. The van der Waals surface area contributed by atoms with Gasteiger partial charge in [0, 0.05) is 17.0 Å². The molecule has 0 fully saturated rings. The number of aryl methyl sites for hydroxylation is 1. The number of aromatic nitrogens is 1. The van der Waals surface area contributed by atoms with Gasteiger partial charge in [-0.2, -0.15) is 0 Å². The molecule has 1 aromatic carbocycles. The number of benzene rings is 1. The molecule has 0 aliphatic heterocycles. The summed E-state index contributed by atoms with van der Waals surface area (Å²) in [5.74, 6) is 1.47. The van der Waals surface area contributed by atoms with E-state index in [0.29, 0.717) is 0 Å². The maximum atomic E-state index is 5.37. The predicted molar refractivity (Wildman–Crippen MR) is 87.4 cm³/mol. The number of hydrogen-bond donors (Lipinski definition) is 1. The normalized spacial score (nSPS) is 10.7. The van der Waals surface area contributed by atoms with E-state index in [0.717, 1.165) is 41.6 Å². The molecule has 0 bridgehead atoms. The van der Waals surface area contributed by atoms with E-state index in [1.165, 1.54) is 10.6 Å². The molecule has 0 aliphatic rings. The Labute approximate surface area is 130 Å². The number of ether oxygens (including phenoxy) is 2. The van der Waals surface area contributed by atoms with E-state index in [1.54, 1.807) is 25.6 Å². The van der Waals surface area contributed by atoms with Crippen LogP contribution in [-0.4, -0.2) is 25.7 Å². The highest BCUT2D eigenvalue weighted by atomic mass is 32.1. The second kappa shape index (κ2) is 7.43. The van der Waals surface area contributed by atoms with Crippen molar-refractivity contribution < 1.29 is 9.47 Å². The SMILES string of the molecule is CCNCc1sc(-c2ccc(OC)c(OC)c2)nc1CC. The van der Waals surface area contributed by atoms with Gasteiger partial charge in [-0.05, 0) is 31.2 Å². The lowest BCUT2D eigenvalue weighted by molar-refractivity contribution is 0.355. The van der Waals surface area contributed by atoms with Crippen LogP contribution in [0.5, 0.6) is 11.5 Å². The van der Waals surface area contributed by atoms with Gasteiger partial charge < -0.3 is 14.8 Å². The lowest BCUT2D eigenvalue weighted by Crippen LogP contribution is -2.11. The number of rotatable bonds is 7. The van der Waals surface area contributed by atoms with E-state index in [2.05, 4.69) is 19.2 Å². The Morgan fingerprint density at radius 1 is 1.14 bits per heavy atom. The number of thiazole rings is 1. The molecular formula is C16H22N2O2S. The van der Waals surface area contributed by atoms with Gasteiger partial charge in [-0.25, -0.2) is 4.98 Å². The van der Waals surface area contributed by atoms with E-state index >= 15 is 0 Å². The van der Waals surface area contributed by atoms with Gasteiger partial charge in [0.15, 0.2) is 11.5 Å². The van der Waals surface area contributed by atoms with Crippen LogP contribution in [0.3, 0.4) is 0 Å². The molecule has 4 nitrogen and oxygen atoms in total. The van der Waals surface area contributed by atoms with Crippen molar-refractivity contribution in [3.05, 3.63) is 28.8 Å².